The number of aliphatic hydroxyl groups excluding tert-OH is 1. The molecule has 0 aliphatic heterocycles. The van der Waals surface area contributed by atoms with Gasteiger partial charge < -0.3 is 20.9 Å². The molecule has 0 fully saturated rings. The first kappa shape index (κ1) is 14.5. The van der Waals surface area contributed by atoms with Gasteiger partial charge in [0.1, 0.15) is 11.8 Å². The standard InChI is InChI=1S/C13H20N2O3/c1-8-9(2)12(18-3)5-4-10(8)6-15-13(17)11(14)7-16/h4-5,11,16H,6-7,14H2,1-3H3,(H,15,17). The second-order valence-electron chi connectivity index (χ2n) is 4.18. The van der Waals surface area contributed by atoms with Crippen LogP contribution in [0.1, 0.15) is 16.7 Å². The zero-order valence-corrected chi connectivity index (χ0v) is 11.0. The van der Waals surface area contributed by atoms with Crippen LogP contribution in [0.25, 0.3) is 0 Å². The van der Waals surface area contributed by atoms with E-state index in [-0.39, 0.29) is 12.5 Å². The molecule has 1 rings (SSSR count). The average molecular weight is 252 g/mol. The highest BCUT2D eigenvalue weighted by molar-refractivity contribution is 5.81. The Morgan fingerprint density at radius 2 is 2.11 bits per heavy atom. The van der Waals surface area contributed by atoms with Crippen LogP contribution < -0.4 is 15.8 Å². The van der Waals surface area contributed by atoms with E-state index in [0.29, 0.717) is 6.54 Å². The number of carbonyl (C=O) groups is 1. The number of hydrogen-bond donors (Lipinski definition) is 3. The van der Waals surface area contributed by atoms with Crippen molar-refractivity contribution in [2.24, 2.45) is 5.73 Å². The molecule has 100 valence electrons. The lowest BCUT2D eigenvalue weighted by molar-refractivity contribution is -0.123. The number of benzene rings is 1. The van der Waals surface area contributed by atoms with Crippen molar-refractivity contribution in [1.29, 1.82) is 0 Å². The molecule has 0 aromatic heterocycles. The van der Waals surface area contributed by atoms with Crippen LogP contribution >= 0.6 is 0 Å². The van der Waals surface area contributed by atoms with Crippen molar-refractivity contribution in [2.45, 2.75) is 26.4 Å². The molecule has 1 unspecified atom stereocenters. The summed E-state index contributed by atoms with van der Waals surface area (Å²) in [6, 6.07) is 2.91. The summed E-state index contributed by atoms with van der Waals surface area (Å²) < 4.78 is 5.22. The minimum Gasteiger partial charge on any atom is -0.496 e. The monoisotopic (exact) mass is 252 g/mol. The molecule has 18 heavy (non-hydrogen) atoms. The predicted octanol–water partition coefficient (Wildman–Crippen LogP) is 0.248. The number of nitrogens with one attached hydrogen (secondary N) is 1. The zero-order valence-electron chi connectivity index (χ0n) is 11.0. The van der Waals surface area contributed by atoms with E-state index in [0.717, 1.165) is 22.4 Å². The Balaban J connectivity index is 2.75. The van der Waals surface area contributed by atoms with Crippen LogP contribution in [0.3, 0.4) is 0 Å². The lowest BCUT2D eigenvalue weighted by atomic mass is 10.0. The van der Waals surface area contributed by atoms with Gasteiger partial charge in [-0.15, -0.1) is 0 Å². The molecule has 0 saturated heterocycles. The van der Waals surface area contributed by atoms with Crippen molar-refractivity contribution < 1.29 is 14.6 Å². The van der Waals surface area contributed by atoms with Gasteiger partial charge in [-0.3, -0.25) is 4.79 Å². The molecule has 5 heteroatoms. The van der Waals surface area contributed by atoms with Crippen molar-refractivity contribution >= 4 is 5.91 Å². The molecular weight excluding hydrogens is 232 g/mol. The third-order valence-corrected chi connectivity index (χ3v) is 3.06. The van der Waals surface area contributed by atoms with Crippen LogP contribution in [0.4, 0.5) is 0 Å². The molecule has 4 N–H and O–H groups in total. The van der Waals surface area contributed by atoms with Crippen molar-refractivity contribution in [3.8, 4) is 5.75 Å². The van der Waals surface area contributed by atoms with Crippen molar-refractivity contribution in [3.05, 3.63) is 28.8 Å². The van der Waals surface area contributed by atoms with Crippen molar-refractivity contribution in [1.82, 2.24) is 5.32 Å². The number of aliphatic hydroxyl groups is 1. The summed E-state index contributed by atoms with van der Waals surface area (Å²) in [6.45, 7) is 3.99. The lowest BCUT2D eigenvalue weighted by Gasteiger charge is -2.14. The van der Waals surface area contributed by atoms with E-state index in [9.17, 15) is 4.79 Å². The predicted molar refractivity (Wildman–Crippen MR) is 69.4 cm³/mol. The van der Waals surface area contributed by atoms with Gasteiger partial charge >= 0.3 is 0 Å². The number of carbonyl (C=O) groups excluding carboxylic acids is 1. The van der Waals surface area contributed by atoms with Gasteiger partial charge in [0.05, 0.1) is 13.7 Å². The first-order valence-electron chi connectivity index (χ1n) is 5.78. The summed E-state index contributed by atoms with van der Waals surface area (Å²) in [7, 11) is 1.63. The largest absolute Gasteiger partial charge is 0.496 e. The Kier molecular flexibility index (Phi) is 5.12. The first-order valence-corrected chi connectivity index (χ1v) is 5.78. The summed E-state index contributed by atoms with van der Waals surface area (Å²) in [5.41, 5.74) is 8.55. The molecule has 0 saturated carbocycles. The maximum atomic E-state index is 11.4. The highest BCUT2D eigenvalue weighted by atomic mass is 16.5. The third-order valence-electron chi connectivity index (χ3n) is 3.06. The van der Waals surface area contributed by atoms with Crippen LogP contribution in [0.15, 0.2) is 12.1 Å². The Hall–Kier alpha value is -1.59. The van der Waals surface area contributed by atoms with E-state index in [1.54, 1.807) is 7.11 Å². The maximum Gasteiger partial charge on any atom is 0.239 e. The molecule has 0 radical (unpaired) electrons. The summed E-state index contributed by atoms with van der Waals surface area (Å²) in [6.07, 6.45) is 0. The van der Waals surface area contributed by atoms with Crippen LogP contribution in [-0.4, -0.2) is 30.8 Å². The SMILES string of the molecule is COc1ccc(CNC(=O)C(N)CO)c(C)c1C. The highest BCUT2D eigenvalue weighted by Gasteiger charge is 2.12. The van der Waals surface area contributed by atoms with Gasteiger partial charge in [-0.05, 0) is 36.6 Å². The van der Waals surface area contributed by atoms with Gasteiger partial charge in [-0.1, -0.05) is 6.07 Å². The Morgan fingerprint density at radius 1 is 1.44 bits per heavy atom. The highest BCUT2D eigenvalue weighted by Crippen LogP contribution is 2.23. The maximum absolute atomic E-state index is 11.4. The van der Waals surface area contributed by atoms with Crippen LogP contribution in [0, 0.1) is 13.8 Å². The number of nitrogens with two attached hydrogens (primary N) is 1. The Labute approximate surface area is 107 Å². The molecule has 0 bridgehead atoms. The van der Waals surface area contributed by atoms with Gasteiger partial charge in [-0.2, -0.15) is 0 Å². The molecular formula is C13H20N2O3. The third kappa shape index (κ3) is 3.21. The number of rotatable bonds is 5. The summed E-state index contributed by atoms with van der Waals surface area (Å²) in [4.78, 5) is 11.4. The van der Waals surface area contributed by atoms with E-state index < -0.39 is 6.04 Å². The van der Waals surface area contributed by atoms with Gasteiger partial charge in [0, 0.05) is 6.54 Å². The normalized spacial score (nSPS) is 12.1. The molecule has 1 amide bonds. The van der Waals surface area contributed by atoms with Gasteiger partial charge in [0.2, 0.25) is 5.91 Å². The molecule has 5 nitrogen and oxygen atoms in total. The average Bonchev–Trinajstić information content (AvgIpc) is 2.39. The fourth-order valence-corrected chi connectivity index (χ4v) is 1.66. The molecule has 0 aliphatic carbocycles. The first-order chi connectivity index (χ1) is 8.51. The van der Waals surface area contributed by atoms with E-state index in [1.165, 1.54) is 0 Å². The van der Waals surface area contributed by atoms with E-state index in [2.05, 4.69) is 5.32 Å². The fraction of sp³-hybridized carbons (Fsp3) is 0.462. The molecule has 1 aromatic rings. The van der Waals surface area contributed by atoms with Gasteiger partial charge in [-0.25, -0.2) is 0 Å². The van der Waals surface area contributed by atoms with Crippen molar-refractivity contribution in [3.63, 3.8) is 0 Å². The van der Waals surface area contributed by atoms with Gasteiger partial charge in [0.15, 0.2) is 0 Å². The molecule has 0 aliphatic rings. The van der Waals surface area contributed by atoms with Crippen LogP contribution in [0.5, 0.6) is 5.75 Å². The second-order valence-corrected chi connectivity index (χ2v) is 4.18. The second kappa shape index (κ2) is 6.37. The smallest absolute Gasteiger partial charge is 0.239 e. The summed E-state index contributed by atoms with van der Waals surface area (Å²) >= 11 is 0. The topological polar surface area (TPSA) is 84.6 Å². The van der Waals surface area contributed by atoms with E-state index in [1.807, 2.05) is 26.0 Å². The minimum absolute atomic E-state index is 0.355. The molecule has 1 atom stereocenters. The number of hydrogen-bond acceptors (Lipinski definition) is 4. The van der Waals surface area contributed by atoms with Crippen LogP contribution in [-0.2, 0) is 11.3 Å². The Morgan fingerprint density at radius 3 is 2.67 bits per heavy atom. The molecule has 1 aromatic carbocycles. The lowest BCUT2D eigenvalue weighted by Crippen LogP contribution is -2.42. The fourth-order valence-electron chi connectivity index (χ4n) is 1.66. The quantitative estimate of drug-likeness (QED) is 0.701. The van der Waals surface area contributed by atoms with Crippen LogP contribution in [0.2, 0.25) is 0 Å². The van der Waals surface area contributed by atoms with E-state index in [4.69, 9.17) is 15.6 Å². The number of amides is 1. The summed E-state index contributed by atoms with van der Waals surface area (Å²) in [5, 5.41) is 11.5. The van der Waals surface area contributed by atoms with Gasteiger partial charge in [0.25, 0.3) is 0 Å². The number of methoxy groups -OCH3 is 1. The zero-order chi connectivity index (χ0) is 13.7. The van der Waals surface area contributed by atoms with Crippen molar-refractivity contribution in [2.75, 3.05) is 13.7 Å². The minimum atomic E-state index is -0.871. The summed E-state index contributed by atoms with van der Waals surface area (Å²) in [5.74, 6) is 0.472. The molecule has 0 heterocycles. The van der Waals surface area contributed by atoms with E-state index >= 15 is 0 Å². The number of ether oxygens (including phenoxy) is 1. The molecule has 0 spiro atoms. The Bertz CT molecular complexity index is 432.